The molecule has 3 aliphatic rings. The molecule has 1 aliphatic carbocycles. The molecule has 0 aromatic rings. The van der Waals surface area contributed by atoms with Crippen LogP contribution in [0.1, 0.15) is 108 Å². The first-order valence-electron chi connectivity index (χ1n) is 11.6. The molecular weight excluding hydrogens is 314 g/mol. The van der Waals surface area contributed by atoms with Crippen molar-refractivity contribution >= 4 is 0 Å². The Morgan fingerprint density at radius 3 is 2.15 bits per heavy atom. The summed E-state index contributed by atoms with van der Waals surface area (Å²) in [5, 5.41) is 0. The Labute approximate surface area is 164 Å². The molecule has 0 amide bonds. The van der Waals surface area contributed by atoms with Crippen molar-refractivity contribution in [2.75, 3.05) is 0 Å². The lowest BCUT2D eigenvalue weighted by atomic mass is 9.52. The van der Waals surface area contributed by atoms with Crippen LogP contribution in [0.25, 0.3) is 0 Å². The predicted octanol–water partition coefficient (Wildman–Crippen LogP) is 7.15. The van der Waals surface area contributed by atoms with Gasteiger partial charge >= 0.3 is 0 Å². The Morgan fingerprint density at radius 2 is 1.65 bits per heavy atom. The Hall–Kier alpha value is -0.0400. The predicted molar refractivity (Wildman–Crippen MR) is 114 cm³/mol. The Kier molecular flexibility index (Phi) is 4.96. The van der Waals surface area contributed by atoms with Gasteiger partial charge in [-0.3, -0.25) is 4.90 Å². The molecule has 0 spiro atoms. The van der Waals surface area contributed by atoms with E-state index in [2.05, 4.69) is 74.1 Å². The summed E-state index contributed by atoms with van der Waals surface area (Å²) in [7, 11) is 0. The maximum absolute atomic E-state index is 2.99. The summed E-state index contributed by atoms with van der Waals surface area (Å²) in [4.78, 5) is 2.99. The third-order valence-electron chi connectivity index (χ3n) is 9.43. The third-order valence-corrected chi connectivity index (χ3v) is 9.43. The van der Waals surface area contributed by atoms with Crippen LogP contribution in [0, 0.1) is 34.5 Å². The summed E-state index contributed by atoms with van der Waals surface area (Å²) in [6, 6.07) is 0.847. The van der Waals surface area contributed by atoms with Crippen LogP contribution in [0.3, 0.4) is 0 Å². The van der Waals surface area contributed by atoms with E-state index in [1.165, 1.54) is 38.5 Å². The monoisotopic (exact) mass is 361 g/mol. The largest absolute Gasteiger partial charge is 0.289 e. The Bertz CT molecular complexity index is 536. The number of rotatable bonds is 5. The summed E-state index contributed by atoms with van der Waals surface area (Å²) in [5.41, 5.74) is 1.80. The van der Waals surface area contributed by atoms with Gasteiger partial charge in [-0.25, -0.2) is 0 Å². The molecule has 1 nitrogen and oxygen atoms in total. The fourth-order valence-corrected chi connectivity index (χ4v) is 8.12. The molecule has 0 bridgehead atoms. The van der Waals surface area contributed by atoms with E-state index in [1.54, 1.807) is 0 Å². The summed E-state index contributed by atoms with van der Waals surface area (Å²) >= 11 is 0. The van der Waals surface area contributed by atoms with Gasteiger partial charge in [-0.2, -0.15) is 0 Å². The lowest BCUT2D eigenvalue weighted by Crippen LogP contribution is -2.69. The van der Waals surface area contributed by atoms with Gasteiger partial charge in [-0.05, 0) is 81.0 Å². The van der Waals surface area contributed by atoms with Gasteiger partial charge in [0.1, 0.15) is 0 Å². The maximum atomic E-state index is 2.99. The van der Waals surface area contributed by atoms with Gasteiger partial charge in [0.25, 0.3) is 0 Å². The minimum Gasteiger partial charge on any atom is -0.289 e. The first-order valence-corrected chi connectivity index (χ1v) is 11.6. The minimum absolute atomic E-state index is 0.329. The molecule has 0 N–H and O–H groups in total. The molecule has 2 saturated heterocycles. The highest BCUT2D eigenvalue weighted by Crippen LogP contribution is 2.69. The molecule has 0 aromatic heterocycles. The van der Waals surface area contributed by atoms with E-state index in [1.807, 2.05) is 0 Å². The molecule has 0 radical (unpaired) electrons. The molecule has 3 fully saturated rings. The molecule has 152 valence electrons. The van der Waals surface area contributed by atoms with Crippen molar-refractivity contribution in [2.45, 2.75) is 125 Å². The van der Waals surface area contributed by atoms with E-state index in [0.717, 1.165) is 29.7 Å². The molecule has 1 saturated carbocycles. The second-order valence-electron chi connectivity index (χ2n) is 12.4. The second-order valence-corrected chi connectivity index (χ2v) is 12.4. The maximum Gasteiger partial charge on any atom is 0.0237 e. The van der Waals surface area contributed by atoms with Crippen molar-refractivity contribution < 1.29 is 0 Å². The van der Waals surface area contributed by atoms with E-state index in [0.29, 0.717) is 21.9 Å². The van der Waals surface area contributed by atoms with Crippen molar-refractivity contribution in [3.05, 3.63) is 0 Å². The lowest BCUT2D eigenvalue weighted by Gasteiger charge is -2.64. The zero-order chi connectivity index (χ0) is 19.7. The van der Waals surface area contributed by atoms with E-state index in [4.69, 9.17) is 0 Å². The van der Waals surface area contributed by atoms with Crippen molar-refractivity contribution in [3.8, 4) is 0 Å². The van der Waals surface area contributed by atoms with Crippen molar-refractivity contribution in [1.29, 1.82) is 0 Å². The highest BCUT2D eigenvalue weighted by atomic mass is 15.4. The average Bonchev–Trinajstić information content (AvgIpc) is 3.07. The third kappa shape index (κ3) is 2.90. The van der Waals surface area contributed by atoms with E-state index in [9.17, 15) is 0 Å². The molecule has 3 rings (SSSR count). The summed E-state index contributed by atoms with van der Waals surface area (Å²) in [5.74, 6) is 3.42. The highest BCUT2D eigenvalue weighted by Gasteiger charge is 2.74. The van der Waals surface area contributed by atoms with Gasteiger partial charge < -0.3 is 0 Å². The van der Waals surface area contributed by atoms with Crippen LogP contribution < -0.4 is 0 Å². The zero-order valence-corrected chi connectivity index (χ0v) is 19.6. The second kappa shape index (κ2) is 6.23. The zero-order valence-electron chi connectivity index (χ0n) is 19.6. The Balaban J connectivity index is 2.01. The topological polar surface area (TPSA) is 3.24 Å². The Morgan fingerprint density at radius 1 is 1.04 bits per heavy atom. The summed E-state index contributed by atoms with van der Waals surface area (Å²) in [6.45, 7) is 25.3. The van der Waals surface area contributed by atoms with Crippen LogP contribution in [-0.4, -0.2) is 22.0 Å². The molecule has 7 atom stereocenters. The van der Waals surface area contributed by atoms with Crippen LogP contribution in [0.5, 0.6) is 0 Å². The number of hydrogen-bond donors (Lipinski definition) is 0. The first kappa shape index (κ1) is 20.7. The van der Waals surface area contributed by atoms with Crippen LogP contribution in [-0.2, 0) is 0 Å². The standard InChI is InChI=1S/C25H47N/c1-11-23(8,13-17(3)4)20-16-22(6,7)26-21(19-15-25(19,26)10)18(5)14-24(20,9)12-2/h17-21H,11-16H2,1-10H3/t18?,19?,20?,21?,23?,24?,25-/m0/s1. The van der Waals surface area contributed by atoms with Gasteiger partial charge in [0.05, 0.1) is 0 Å². The van der Waals surface area contributed by atoms with Gasteiger partial charge in [-0.1, -0.05) is 61.3 Å². The molecule has 2 aliphatic heterocycles. The number of fused-ring (bicyclic) bond motifs is 4. The molecule has 1 heteroatoms. The highest BCUT2D eigenvalue weighted by molar-refractivity contribution is 5.28. The SMILES string of the molecule is CCC(C)(CC(C)C)C1CC(C)(C)N2C(C(C)CC1(C)CC)C1C[C@@]12C. The van der Waals surface area contributed by atoms with Crippen LogP contribution in [0.4, 0.5) is 0 Å². The van der Waals surface area contributed by atoms with Crippen molar-refractivity contribution in [3.63, 3.8) is 0 Å². The number of nitrogens with zero attached hydrogens (tertiary/aromatic N) is 1. The van der Waals surface area contributed by atoms with E-state index in [-0.39, 0.29) is 0 Å². The van der Waals surface area contributed by atoms with Gasteiger partial charge in [0, 0.05) is 17.1 Å². The van der Waals surface area contributed by atoms with E-state index < -0.39 is 0 Å². The minimum atomic E-state index is 0.329. The summed E-state index contributed by atoms with van der Waals surface area (Å²) in [6.07, 6.45) is 8.28. The summed E-state index contributed by atoms with van der Waals surface area (Å²) < 4.78 is 0. The quantitative estimate of drug-likeness (QED) is 0.502. The van der Waals surface area contributed by atoms with Gasteiger partial charge in [0.2, 0.25) is 0 Å². The number of hydrogen-bond acceptors (Lipinski definition) is 1. The normalized spacial score (nSPS) is 47.2. The van der Waals surface area contributed by atoms with Gasteiger partial charge in [0.15, 0.2) is 0 Å². The van der Waals surface area contributed by atoms with Crippen LogP contribution in [0.2, 0.25) is 0 Å². The fraction of sp³-hybridized carbons (Fsp3) is 1.00. The van der Waals surface area contributed by atoms with Gasteiger partial charge in [-0.15, -0.1) is 0 Å². The average molecular weight is 362 g/mol. The smallest absolute Gasteiger partial charge is 0.0237 e. The van der Waals surface area contributed by atoms with Crippen LogP contribution in [0.15, 0.2) is 0 Å². The molecule has 26 heavy (non-hydrogen) atoms. The van der Waals surface area contributed by atoms with Crippen molar-refractivity contribution in [2.24, 2.45) is 34.5 Å². The molecular formula is C25H47N. The first-order chi connectivity index (χ1) is 11.8. The van der Waals surface area contributed by atoms with Crippen molar-refractivity contribution in [1.82, 2.24) is 4.90 Å². The fourth-order valence-electron chi connectivity index (χ4n) is 8.12. The molecule has 0 aromatic carbocycles. The molecule has 6 unspecified atom stereocenters. The molecule has 2 heterocycles. The van der Waals surface area contributed by atoms with E-state index >= 15 is 0 Å². The van der Waals surface area contributed by atoms with Crippen LogP contribution >= 0.6 is 0 Å². The lowest BCUT2D eigenvalue weighted by molar-refractivity contribution is -0.147.